The van der Waals surface area contributed by atoms with Crippen LogP contribution < -0.4 is 20.8 Å². The fourth-order valence-electron chi connectivity index (χ4n) is 4.42. The van der Waals surface area contributed by atoms with Crippen LogP contribution in [0.3, 0.4) is 0 Å². The van der Waals surface area contributed by atoms with Crippen LogP contribution in [0.1, 0.15) is 38.2 Å². The van der Waals surface area contributed by atoms with Gasteiger partial charge in [0.05, 0.1) is 18.2 Å². The summed E-state index contributed by atoms with van der Waals surface area (Å²) in [6, 6.07) is 13.4. The number of nitrogens with two attached hydrogens (primary N) is 1. The molecule has 158 valence electrons. The number of hydrogen-bond donors (Lipinski definition) is 2. The van der Waals surface area contributed by atoms with Crippen LogP contribution in [0.5, 0.6) is 11.5 Å². The number of halogens is 1. The normalized spacial score (nSPS) is 21.2. The molecule has 1 aromatic heterocycles. The summed E-state index contributed by atoms with van der Waals surface area (Å²) < 4.78 is 11.5. The molecule has 3 aromatic rings. The van der Waals surface area contributed by atoms with Crippen molar-refractivity contribution in [1.29, 1.82) is 0 Å². The topological polar surface area (TPSA) is 77.3 Å². The summed E-state index contributed by atoms with van der Waals surface area (Å²) >= 11 is 6.39. The largest absolute Gasteiger partial charge is 0.497 e. The fraction of sp³-hybridized carbons (Fsp3) is 0.375. The molecular weight excluding hydrogens is 400 g/mol. The van der Waals surface area contributed by atoms with E-state index in [4.69, 9.17) is 26.8 Å². The summed E-state index contributed by atoms with van der Waals surface area (Å²) in [6.07, 6.45) is 5.51. The number of fused-ring (bicyclic) bond motifs is 1. The number of benzene rings is 2. The number of ether oxygens (including phenoxy) is 2. The van der Waals surface area contributed by atoms with Crippen molar-refractivity contribution in [3.05, 3.63) is 69.6 Å². The minimum Gasteiger partial charge on any atom is -0.497 e. The van der Waals surface area contributed by atoms with E-state index in [9.17, 15) is 4.79 Å². The van der Waals surface area contributed by atoms with Crippen LogP contribution in [-0.4, -0.2) is 18.2 Å². The van der Waals surface area contributed by atoms with Gasteiger partial charge in [0.15, 0.2) is 0 Å². The average molecular weight is 427 g/mol. The molecule has 0 radical (unpaired) electrons. The number of rotatable bonds is 5. The van der Waals surface area contributed by atoms with Gasteiger partial charge in [0.25, 0.3) is 5.56 Å². The smallest absolute Gasteiger partial charge is 0.255 e. The lowest BCUT2D eigenvalue weighted by molar-refractivity contribution is 0.104. The Kier molecular flexibility index (Phi) is 5.76. The van der Waals surface area contributed by atoms with E-state index in [0.29, 0.717) is 22.1 Å². The maximum absolute atomic E-state index is 11.9. The molecule has 0 saturated heterocycles. The van der Waals surface area contributed by atoms with Gasteiger partial charge in [-0.2, -0.15) is 0 Å². The Hall–Kier alpha value is -2.50. The van der Waals surface area contributed by atoms with Gasteiger partial charge in [0, 0.05) is 17.1 Å². The highest BCUT2D eigenvalue weighted by Crippen LogP contribution is 2.40. The van der Waals surface area contributed by atoms with E-state index in [2.05, 4.69) is 24.0 Å². The molecule has 30 heavy (non-hydrogen) atoms. The predicted octanol–water partition coefficient (Wildman–Crippen LogP) is 5.00. The van der Waals surface area contributed by atoms with E-state index in [1.54, 1.807) is 19.4 Å². The Morgan fingerprint density at radius 2 is 1.80 bits per heavy atom. The van der Waals surface area contributed by atoms with Crippen LogP contribution in [-0.2, 0) is 5.54 Å². The number of aromatic nitrogens is 1. The number of H-pyrrole nitrogens is 1. The second-order valence-corrected chi connectivity index (χ2v) is 8.69. The molecule has 1 atom stereocenters. The number of pyridine rings is 1. The zero-order valence-electron chi connectivity index (χ0n) is 17.3. The van der Waals surface area contributed by atoms with Crippen molar-refractivity contribution >= 4 is 22.4 Å². The maximum Gasteiger partial charge on any atom is 0.255 e. The molecule has 1 aliphatic carbocycles. The van der Waals surface area contributed by atoms with E-state index in [1.165, 1.54) is 0 Å². The summed E-state index contributed by atoms with van der Waals surface area (Å²) in [6.45, 7) is 2.11. The first-order chi connectivity index (χ1) is 14.4. The molecule has 4 rings (SSSR count). The van der Waals surface area contributed by atoms with E-state index in [-0.39, 0.29) is 11.7 Å². The quantitative estimate of drug-likeness (QED) is 0.601. The van der Waals surface area contributed by atoms with Crippen molar-refractivity contribution < 1.29 is 9.47 Å². The zero-order chi connectivity index (χ0) is 21.3. The monoisotopic (exact) mass is 426 g/mol. The predicted molar refractivity (Wildman–Crippen MR) is 120 cm³/mol. The highest BCUT2D eigenvalue weighted by atomic mass is 35.5. The SMILES string of the molecule is COc1ccc(C(C)(N)C2CCC(Oc3cc4cc[nH]c(=O)c4cc3Cl)CC2)cc1. The molecule has 0 bridgehead atoms. The van der Waals surface area contributed by atoms with Crippen molar-refractivity contribution in [2.45, 2.75) is 44.2 Å². The van der Waals surface area contributed by atoms with Gasteiger partial charge >= 0.3 is 0 Å². The van der Waals surface area contributed by atoms with Crippen LogP contribution in [0.25, 0.3) is 10.8 Å². The number of nitrogens with one attached hydrogen (secondary N) is 1. The first-order valence-corrected chi connectivity index (χ1v) is 10.7. The maximum atomic E-state index is 11.9. The van der Waals surface area contributed by atoms with Gasteiger partial charge in [-0.3, -0.25) is 4.79 Å². The Morgan fingerprint density at radius 3 is 2.47 bits per heavy atom. The standard InChI is InChI=1S/C24H27ClN2O3/c1-24(26,16-3-7-18(29-2)8-4-16)17-5-9-19(10-6-17)30-22-13-15-11-12-27-23(28)20(15)14-21(22)25/h3-4,7-8,11-14,17,19H,5-6,9-10,26H2,1-2H3,(H,27,28). The first kappa shape index (κ1) is 20.8. The number of hydrogen-bond acceptors (Lipinski definition) is 4. The Bertz CT molecular complexity index is 1080. The van der Waals surface area contributed by atoms with Crippen LogP contribution in [0.4, 0.5) is 0 Å². The van der Waals surface area contributed by atoms with E-state index in [0.717, 1.165) is 42.4 Å². The van der Waals surface area contributed by atoms with Gasteiger partial charge in [-0.25, -0.2) is 0 Å². The fourth-order valence-corrected chi connectivity index (χ4v) is 4.63. The molecule has 1 saturated carbocycles. The lowest BCUT2D eigenvalue weighted by Crippen LogP contribution is -2.44. The number of methoxy groups -OCH3 is 1. The summed E-state index contributed by atoms with van der Waals surface area (Å²) in [7, 11) is 1.66. The second kappa shape index (κ2) is 8.32. The van der Waals surface area contributed by atoms with Gasteiger partial charge in [-0.05, 0) is 79.8 Å². The van der Waals surface area contributed by atoms with Crippen LogP contribution in [0, 0.1) is 5.92 Å². The van der Waals surface area contributed by atoms with Gasteiger partial charge in [0.2, 0.25) is 0 Å². The molecule has 3 N–H and O–H groups in total. The second-order valence-electron chi connectivity index (χ2n) is 8.28. The van der Waals surface area contributed by atoms with E-state index >= 15 is 0 Å². The van der Waals surface area contributed by atoms with Gasteiger partial charge in [-0.15, -0.1) is 0 Å². The molecule has 0 aliphatic heterocycles. The minimum atomic E-state index is -0.404. The Morgan fingerprint density at radius 1 is 1.10 bits per heavy atom. The molecule has 1 heterocycles. The molecule has 2 aromatic carbocycles. The van der Waals surface area contributed by atoms with E-state index in [1.807, 2.05) is 24.3 Å². The lowest BCUT2D eigenvalue weighted by Gasteiger charge is -2.39. The molecule has 5 nitrogen and oxygen atoms in total. The van der Waals surface area contributed by atoms with Gasteiger partial charge in [-0.1, -0.05) is 23.7 Å². The molecule has 0 amide bonds. The molecule has 0 spiro atoms. The average Bonchev–Trinajstić information content (AvgIpc) is 2.75. The lowest BCUT2D eigenvalue weighted by atomic mass is 9.72. The molecular formula is C24H27ClN2O3. The highest BCUT2D eigenvalue weighted by molar-refractivity contribution is 6.32. The molecule has 1 fully saturated rings. The summed E-state index contributed by atoms with van der Waals surface area (Å²) in [5.41, 5.74) is 7.33. The molecule has 1 aliphatic rings. The van der Waals surface area contributed by atoms with Crippen molar-refractivity contribution in [2.75, 3.05) is 7.11 Å². The van der Waals surface area contributed by atoms with Crippen molar-refractivity contribution in [3.63, 3.8) is 0 Å². The Labute approximate surface area is 181 Å². The summed E-state index contributed by atoms with van der Waals surface area (Å²) in [4.78, 5) is 14.6. The zero-order valence-corrected chi connectivity index (χ0v) is 18.0. The van der Waals surface area contributed by atoms with E-state index < -0.39 is 5.54 Å². The van der Waals surface area contributed by atoms with Crippen molar-refractivity contribution in [2.24, 2.45) is 11.7 Å². The van der Waals surface area contributed by atoms with Gasteiger partial charge < -0.3 is 20.2 Å². The highest BCUT2D eigenvalue weighted by Gasteiger charge is 2.35. The van der Waals surface area contributed by atoms with Gasteiger partial charge in [0.1, 0.15) is 11.5 Å². The third-order valence-electron chi connectivity index (χ3n) is 6.35. The van der Waals surface area contributed by atoms with Crippen molar-refractivity contribution in [3.8, 4) is 11.5 Å². The summed E-state index contributed by atoms with van der Waals surface area (Å²) in [5, 5.41) is 1.85. The third kappa shape index (κ3) is 4.05. The van der Waals surface area contributed by atoms with Crippen LogP contribution >= 0.6 is 11.6 Å². The van der Waals surface area contributed by atoms with Crippen LogP contribution in [0.2, 0.25) is 5.02 Å². The minimum absolute atomic E-state index is 0.0878. The van der Waals surface area contributed by atoms with Crippen molar-refractivity contribution in [1.82, 2.24) is 4.98 Å². The van der Waals surface area contributed by atoms with Crippen LogP contribution in [0.15, 0.2) is 53.5 Å². The Balaban J connectivity index is 1.44. The first-order valence-electron chi connectivity index (χ1n) is 10.3. The third-order valence-corrected chi connectivity index (χ3v) is 6.65. The number of aromatic amines is 1. The summed E-state index contributed by atoms with van der Waals surface area (Å²) in [5.74, 6) is 1.83. The molecule has 1 unspecified atom stereocenters. The molecule has 6 heteroatoms.